The predicted octanol–water partition coefficient (Wildman–Crippen LogP) is 1.24. The summed E-state index contributed by atoms with van der Waals surface area (Å²) >= 11 is 0. The largest absolute Gasteiger partial charge is 0.295 e. The van der Waals surface area contributed by atoms with Crippen molar-refractivity contribution in [1.29, 1.82) is 0 Å². The molecular weight excluding hydrogens is 178 g/mol. The fraction of sp³-hybridized carbons (Fsp3) is 0.500. The van der Waals surface area contributed by atoms with Gasteiger partial charge in [0.25, 0.3) is 0 Å². The van der Waals surface area contributed by atoms with E-state index >= 15 is 0 Å². The first-order valence-corrected chi connectivity index (χ1v) is 4.65. The van der Waals surface area contributed by atoms with Gasteiger partial charge in [-0.1, -0.05) is 13.8 Å². The number of rotatable bonds is 1. The third kappa shape index (κ3) is 1.60. The summed E-state index contributed by atoms with van der Waals surface area (Å²) < 4.78 is 0. The minimum Gasteiger partial charge on any atom is -0.295 e. The van der Waals surface area contributed by atoms with Crippen LogP contribution in [0.1, 0.15) is 20.3 Å². The Labute approximate surface area is 83.0 Å². The molecule has 2 rings (SSSR count). The first kappa shape index (κ1) is 9.12. The van der Waals surface area contributed by atoms with Crippen molar-refractivity contribution in [2.24, 2.45) is 5.41 Å². The molecule has 1 amide bonds. The monoisotopic (exact) mass is 191 g/mol. The van der Waals surface area contributed by atoms with Crippen molar-refractivity contribution in [2.75, 3.05) is 11.4 Å². The number of anilines is 1. The second kappa shape index (κ2) is 3.04. The van der Waals surface area contributed by atoms with Crippen LogP contribution in [0.5, 0.6) is 0 Å². The van der Waals surface area contributed by atoms with Gasteiger partial charge in [-0.3, -0.25) is 14.7 Å². The second-order valence-electron chi connectivity index (χ2n) is 4.38. The molecule has 0 aromatic carbocycles. The Bertz CT molecular complexity index is 348. The SMILES string of the molecule is CC1(C)CC(=O)N(c2cnccn2)C1. The molecule has 2 heterocycles. The van der Waals surface area contributed by atoms with Gasteiger partial charge in [0.05, 0.1) is 6.20 Å². The van der Waals surface area contributed by atoms with E-state index in [-0.39, 0.29) is 11.3 Å². The highest BCUT2D eigenvalue weighted by molar-refractivity contribution is 5.95. The quantitative estimate of drug-likeness (QED) is 0.671. The van der Waals surface area contributed by atoms with Gasteiger partial charge in [-0.15, -0.1) is 0 Å². The molecule has 0 saturated carbocycles. The Kier molecular flexibility index (Phi) is 1.98. The molecule has 1 fully saturated rings. The van der Waals surface area contributed by atoms with Crippen molar-refractivity contribution >= 4 is 11.7 Å². The number of carbonyl (C=O) groups is 1. The Hall–Kier alpha value is -1.45. The molecule has 14 heavy (non-hydrogen) atoms. The fourth-order valence-electron chi connectivity index (χ4n) is 1.72. The third-order valence-electron chi connectivity index (χ3n) is 2.34. The van der Waals surface area contributed by atoms with Crippen molar-refractivity contribution < 1.29 is 4.79 Å². The van der Waals surface area contributed by atoms with Crippen LogP contribution in [0, 0.1) is 5.41 Å². The highest BCUT2D eigenvalue weighted by atomic mass is 16.2. The van der Waals surface area contributed by atoms with E-state index in [1.807, 2.05) is 0 Å². The Morgan fingerprint density at radius 3 is 2.71 bits per heavy atom. The predicted molar refractivity (Wildman–Crippen MR) is 52.8 cm³/mol. The van der Waals surface area contributed by atoms with Crippen molar-refractivity contribution in [2.45, 2.75) is 20.3 Å². The van der Waals surface area contributed by atoms with Gasteiger partial charge >= 0.3 is 0 Å². The zero-order valence-corrected chi connectivity index (χ0v) is 8.40. The van der Waals surface area contributed by atoms with Crippen LogP contribution < -0.4 is 4.90 Å². The Morgan fingerprint density at radius 1 is 1.43 bits per heavy atom. The Morgan fingerprint density at radius 2 is 2.21 bits per heavy atom. The molecule has 1 aliphatic heterocycles. The standard InChI is InChI=1S/C10H13N3O/c1-10(2)5-9(14)13(7-10)8-6-11-3-4-12-8/h3-4,6H,5,7H2,1-2H3. The molecule has 1 aromatic rings. The molecule has 74 valence electrons. The van der Waals surface area contributed by atoms with E-state index < -0.39 is 0 Å². The number of aromatic nitrogens is 2. The highest BCUT2D eigenvalue weighted by Gasteiger charge is 2.36. The molecule has 0 bridgehead atoms. The van der Waals surface area contributed by atoms with Gasteiger partial charge in [0.1, 0.15) is 0 Å². The molecular formula is C10H13N3O. The molecule has 0 unspecified atom stereocenters. The van der Waals surface area contributed by atoms with Crippen LogP contribution >= 0.6 is 0 Å². The molecule has 1 saturated heterocycles. The van der Waals surface area contributed by atoms with Gasteiger partial charge in [0.15, 0.2) is 5.82 Å². The molecule has 0 radical (unpaired) electrons. The topological polar surface area (TPSA) is 46.1 Å². The van der Waals surface area contributed by atoms with E-state index in [4.69, 9.17) is 0 Å². The molecule has 4 heteroatoms. The maximum Gasteiger partial charge on any atom is 0.228 e. The summed E-state index contributed by atoms with van der Waals surface area (Å²) in [4.78, 5) is 21.4. The summed E-state index contributed by atoms with van der Waals surface area (Å²) in [6.07, 6.45) is 5.42. The minimum absolute atomic E-state index is 0.0502. The van der Waals surface area contributed by atoms with Gasteiger partial charge in [0, 0.05) is 25.4 Å². The lowest BCUT2D eigenvalue weighted by molar-refractivity contribution is -0.117. The average molecular weight is 191 g/mol. The first-order valence-electron chi connectivity index (χ1n) is 4.65. The molecule has 1 aliphatic rings. The highest BCUT2D eigenvalue weighted by Crippen LogP contribution is 2.32. The van der Waals surface area contributed by atoms with Crippen LogP contribution in [0.15, 0.2) is 18.6 Å². The average Bonchev–Trinajstić information content (AvgIpc) is 2.41. The third-order valence-corrected chi connectivity index (χ3v) is 2.34. The molecule has 0 atom stereocenters. The van der Waals surface area contributed by atoms with Gasteiger partial charge in [-0.05, 0) is 5.41 Å². The van der Waals surface area contributed by atoms with Gasteiger partial charge in [-0.25, -0.2) is 4.98 Å². The molecule has 1 aromatic heterocycles. The van der Waals surface area contributed by atoms with Crippen LogP contribution in [-0.2, 0) is 4.79 Å². The number of amides is 1. The van der Waals surface area contributed by atoms with Gasteiger partial charge < -0.3 is 0 Å². The molecule has 0 N–H and O–H groups in total. The summed E-state index contributed by atoms with van der Waals surface area (Å²) in [5.74, 6) is 0.790. The lowest BCUT2D eigenvalue weighted by Gasteiger charge is -2.17. The van der Waals surface area contributed by atoms with Crippen LogP contribution in [-0.4, -0.2) is 22.4 Å². The summed E-state index contributed by atoms with van der Waals surface area (Å²) in [5, 5.41) is 0. The maximum atomic E-state index is 11.6. The van der Waals surface area contributed by atoms with E-state index in [1.54, 1.807) is 23.5 Å². The summed E-state index contributed by atoms with van der Waals surface area (Å²) in [6, 6.07) is 0. The van der Waals surface area contributed by atoms with E-state index in [9.17, 15) is 4.79 Å². The Balaban J connectivity index is 2.26. The van der Waals surface area contributed by atoms with Crippen molar-refractivity contribution in [3.05, 3.63) is 18.6 Å². The van der Waals surface area contributed by atoms with E-state index in [2.05, 4.69) is 23.8 Å². The van der Waals surface area contributed by atoms with Crippen LogP contribution in [0.2, 0.25) is 0 Å². The van der Waals surface area contributed by atoms with Crippen LogP contribution in [0.3, 0.4) is 0 Å². The van der Waals surface area contributed by atoms with E-state index in [1.165, 1.54) is 0 Å². The van der Waals surface area contributed by atoms with Crippen LogP contribution in [0.25, 0.3) is 0 Å². The molecule has 4 nitrogen and oxygen atoms in total. The van der Waals surface area contributed by atoms with E-state index in [0.29, 0.717) is 12.2 Å². The lowest BCUT2D eigenvalue weighted by Crippen LogP contribution is -2.26. The van der Waals surface area contributed by atoms with E-state index in [0.717, 1.165) is 6.54 Å². The number of nitrogens with zero attached hydrogens (tertiary/aromatic N) is 3. The number of carbonyl (C=O) groups excluding carboxylic acids is 1. The normalized spacial score (nSPS) is 20.1. The van der Waals surface area contributed by atoms with Crippen LogP contribution in [0.4, 0.5) is 5.82 Å². The molecule has 0 aliphatic carbocycles. The number of hydrogen-bond acceptors (Lipinski definition) is 3. The smallest absolute Gasteiger partial charge is 0.228 e. The molecule has 0 spiro atoms. The van der Waals surface area contributed by atoms with Crippen molar-refractivity contribution in [3.63, 3.8) is 0 Å². The first-order chi connectivity index (χ1) is 6.58. The zero-order chi connectivity index (χ0) is 10.2. The maximum absolute atomic E-state index is 11.6. The van der Waals surface area contributed by atoms with Crippen molar-refractivity contribution in [3.8, 4) is 0 Å². The van der Waals surface area contributed by atoms with Crippen molar-refractivity contribution in [1.82, 2.24) is 9.97 Å². The summed E-state index contributed by atoms with van der Waals surface area (Å²) in [5.41, 5.74) is 0.0502. The second-order valence-corrected chi connectivity index (χ2v) is 4.38. The lowest BCUT2D eigenvalue weighted by atomic mass is 9.93. The summed E-state index contributed by atoms with van der Waals surface area (Å²) in [6.45, 7) is 4.90. The minimum atomic E-state index is 0.0502. The van der Waals surface area contributed by atoms with Gasteiger partial charge in [0.2, 0.25) is 5.91 Å². The summed E-state index contributed by atoms with van der Waals surface area (Å²) in [7, 11) is 0. The fourth-order valence-corrected chi connectivity index (χ4v) is 1.72. The van der Waals surface area contributed by atoms with Gasteiger partial charge in [-0.2, -0.15) is 0 Å². The number of hydrogen-bond donors (Lipinski definition) is 0. The zero-order valence-electron chi connectivity index (χ0n) is 8.40.